The van der Waals surface area contributed by atoms with Crippen molar-refractivity contribution in [3.05, 3.63) is 47.5 Å². The van der Waals surface area contributed by atoms with Gasteiger partial charge in [-0.05, 0) is 35.4 Å². The van der Waals surface area contributed by atoms with Gasteiger partial charge < -0.3 is 59.4 Å². The van der Waals surface area contributed by atoms with Crippen molar-refractivity contribution in [3.63, 3.8) is 0 Å². The van der Waals surface area contributed by atoms with E-state index in [1.54, 1.807) is 24.3 Å². The van der Waals surface area contributed by atoms with Crippen LogP contribution in [0.25, 0.3) is 0 Å². The molecule has 0 aromatic heterocycles. The molecule has 0 amide bonds. The molecular formula is C26H34O12. The molecule has 38 heavy (non-hydrogen) atoms. The van der Waals surface area contributed by atoms with E-state index in [4.69, 9.17) is 23.7 Å². The predicted octanol–water partition coefficient (Wildman–Crippen LogP) is -0.382. The van der Waals surface area contributed by atoms with E-state index in [1.807, 2.05) is 0 Å². The molecule has 12 nitrogen and oxygen atoms in total. The van der Waals surface area contributed by atoms with Crippen LogP contribution in [0.3, 0.4) is 0 Å². The van der Waals surface area contributed by atoms with Gasteiger partial charge in [0.2, 0.25) is 6.29 Å². The highest BCUT2D eigenvalue weighted by Gasteiger charge is 2.45. The number of aliphatic hydroxyl groups excluding tert-OH is 6. The van der Waals surface area contributed by atoms with Crippen LogP contribution in [0.2, 0.25) is 0 Å². The minimum atomic E-state index is -1.59. The second-order valence-corrected chi connectivity index (χ2v) is 9.37. The Morgan fingerprint density at radius 3 is 2.29 bits per heavy atom. The lowest BCUT2D eigenvalue weighted by atomic mass is 9.82. The van der Waals surface area contributed by atoms with Crippen LogP contribution in [0.5, 0.6) is 23.0 Å². The molecule has 0 spiro atoms. The van der Waals surface area contributed by atoms with Crippen molar-refractivity contribution in [2.45, 2.75) is 42.9 Å². The lowest BCUT2D eigenvalue weighted by molar-refractivity contribution is -0.277. The van der Waals surface area contributed by atoms with Crippen LogP contribution < -0.4 is 14.2 Å². The van der Waals surface area contributed by atoms with Gasteiger partial charge >= 0.3 is 0 Å². The number of phenols is 1. The summed E-state index contributed by atoms with van der Waals surface area (Å²) in [5.74, 6) is -0.376. The normalized spacial score (nSPS) is 32.1. The van der Waals surface area contributed by atoms with Crippen molar-refractivity contribution in [1.29, 1.82) is 0 Å². The van der Waals surface area contributed by atoms with Gasteiger partial charge in [0.15, 0.2) is 23.0 Å². The standard InChI is InChI=1S/C26H34O12/c1-34-18-7-12(3-5-16(18)29)21(30)15-11-36-25(14(15)9-27)13-4-6-17(19(8-13)35-2)37-26-24(33)23(32)22(31)20(10-28)38-26/h3-8,14-15,20-33H,9-11H2,1-2H3/t14-,15-,20+,21+,22+,23-,24+,25+,26+/m1/s1. The molecule has 210 valence electrons. The number of aromatic hydroxyl groups is 1. The second kappa shape index (κ2) is 12.0. The molecule has 12 heteroatoms. The molecule has 2 aliphatic heterocycles. The first kappa shape index (κ1) is 28.3. The van der Waals surface area contributed by atoms with Crippen LogP contribution in [0.1, 0.15) is 23.3 Å². The van der Waals surface area contributed by atoms with E-state index in [-0.39, 0.29) is 36.2 Å². The summed E-state index contributed by atoms with van der Waals surface area (Å²) in [6.45, 7) is -0.703. The average molecular weight is 539 g/mol. The van der Waals surface area contributed by atoms with Gasteiger partial charge in [-0.3, -0.25) is 0 Å². The fraction of sp³-hybridized carbons (Fsp3) is 0.538. The number of aliphatic hydroxyl groups is 6. The summed E-state index contributed by atoms with van der Waals surface area (Å²) in [7, 11) is 2.82. The molecule has 9 atom stereocenters. The van der Waals surface area contributed by atoms with E-state index in [0.29, 0.717) is 11.1 Å². The quantitative estimate of drug-likeness (QED) is 0.220. The van der Waals surface area contributed by atoms with Gasteiger partial charge in [0.1, 0.15) is 24.4 Å². The zero-order valence-electron chi connectivity index (χ0n) is 21.0. The zero-order valence-corrected chi connectivity index (χ0v) is 21.0. The van der Waals surface area contributed by atoms with Gasteiger partial charge in [0.05, 0.1) is 39.6 Å². The first-order valence-corrected chi connectivity index (χ1v) is 12.2. The summed E-state index contributed by atoms with van der Waals surface area (Å²) in [6.07, 6.45) is -8.80. The van der Waals surface area contributed by atoms with Gasteiger partial charge in [-0.15, -0.1) is 0 Å². The van der Waals surface area contributed by atoms with E-state index in [9.17, 15) is 35.7 Å². The SMILES string of the molecule is COc1cc([C@H](O)[C@@H]2CO[C@@H](c3ccc(O[C@H]4O[C@@H](CO)[C@H](O)[C@@H](O)[C@@H]4O)c(OC)c3)[C@@H]2CO)ccc1O. The number of methoxy groups -OCH3 is 2. The largest absolute Gasteiger partial charge is 0.504 e. The third-order valence-corrected chi connectivity index (χ3v) is 7.18. The molecular weight excluding hydrogens is 504 g/mol. The van der Waals surface area contributed by atoms with Crippen molar-refractivity contribution >= 4 is 0 Å². The maximum Gasteiger partial charge on any atom is 0.229 e. The zero-order chi connectivity index (χ0) is 27.6. The van der Waals surface area contributed by atoms with Crippen LogP contribution in [0, 0.1) is 11.8 Å². The number of benzene rings is 2. The summed E-state index contributed by atoms with van der Waals surface area (Å²) >= 11 is 0. The summed E-state index contributed by atoms with van der Waals surface area (Å²) in [4.78, 5) is 0. The van der Waals surface area contributed by atoms with Crippen LogP contribution in [-0.2, 0) is 9.47 Å². The molecule has 0 radical (unpaired) electrons. The minimum Gasteiger partial charge on any atom is -0.504 e. The average Bonchev–Trinajstić information content (AvgIpc) is 3.37. The van der Waals surface area contributed by atoms with Crippen molar-refractivity contribution < 1.29 is 59.4 Å². The molecule has 2 fully saturated rings. The van der Waals surface area contributed by atoms with Crippen molar-refractivity contribution in [2.24, 2.45) is 11.8 Å². The molecule has 4 rings (SSSR count). The Labute approximate surface area is 219 Å². The predicted molar refractivity (Wildman–Crippen MR) is 130 cm³/mol. The van der Waals surface area contributed by atoms with E-state index in [0.717, 1.165) is 0 Å². The maximum absolute atomic E-state index is 11.1. The number of ether oxygens (including phenoxy) is 5. The lowest BCUT2D eigenvalue weighted by Gasteiger charge is -2.39. The van der Waals surface area contributed by atoms with Crippen LogP contribution in [0.4, 0.5) is 0 Å². The van der Waals surface area contributed by atoms with Crippen LogP contribution in [-0.4, -0.2) is 100 Å². The van der Waals surface area contributed by atoms with Crippen molar-refractivity contribution in [2.75, 3.05) is 34.0 Å². The number of rotatable bonds is 9. The Morgan fingerprint density at radius 1 is 0.895 bits per heavy atom. The highest BCUT2D eigenvalue weighted by molar-refractivity contribution is 5.45. The Bertz CT molecular complexity index is 1080. The van der Waals surface area contributed by atoms with Gasteiger partial charge in [0.25, 0.3) is 0 Å². The monoisotopic (exact) mass is 538 g/mol. The highest BCUT2D eigenvalue weighted by atomic mass is 16.7. The van der Waals surface area contributed by atoms with Crippen LogP contribution in [0.15, 0.2) is 36.4 Å². The summed E-state index contributed by atoms with van der Waals surface area (Å²) in [6, 6.07) is 9.40. The van der Waals surface area contributed by atoms with Crippen molar-refractivity contribution in [1.82, 2.24) is 0 Å². The smallest absolute Gasteiger partial charge is 0.229 e. The molecule has 2 aliphatic rings. The molecule has 0 saturated carbocycles. The van der Waals surface area contributed by atoms with E-state index in [2.05, 4.69) is 0 Å². The second-order valence-electron chi connectivity index (χ2n) is 9.37. The molecule has 7 N–H and O–H groups in total. The third kappa shape index (κ3) is 5.40. The van der Waals surface area contributed by atoms with Gasteiger partial charge in [-0.2, -0.15) is 0 Å². The molecule has 0 bridgehead atoms. The van der Waals surface area contributed by atoms with Crippen molar-refractivity contribution in [3.8, 4) is 23.0 Å². The Hall–Kier alpha value is -2.68. The Morgan fingerprint density at radius 2 is 1.63 bits per heavy atom. The fourth-order valence-electron chi connectivity index (χ4n) is 4.96. The maximum atomic E-state index is 11.1. The Kier molecular flexibility index (Phi) is 8.96. The van der Waals surface area contributed by atoms with Gasteiger partial charge in [-0.25, -0.2) is 0 Å². The molecule has 2 saturated heterocycles. The molecule has 2 aromatic carbocycles. The van der Waals surface area contributed by atoms with E-state index in [1.165, 1.54) is 26.4 Å². The highest BCUT2D eigenvalue weighted by Crippen LogP contribution is 2.46. The molecule has 2 aromatic rings. The Balaban J connectivity index is 1.52. The number of hydrogen-bond acceptors (Lipinski definition) is 12. The third-order valence-electron chi connectivity index (χ3n) is 7.18. The molecule has 0 aliphatic carbocycles. The van der Waals surface area contributed by atoms with E-state index < -0.39 is 61.4 Å². The van der Waals surface area contributed by atoms with Gasteiger partial charge in [-0.1, -0.05) is 12.1 Å². The number of phenolic OH excluding ortho intramolecular Hbond substituents is 1. The summed E-state index contributed by atoms with van der Waals surface area (Å²) < 4.78 is 27.7. The van der Waals surface area contributed by atoms with Crippen LogP contribution >= 0.6 is 0 Å². The van der Waals surface area contributed by atoms with E-state index >= 15 is 0 Å². The lowest BCUT2D eigenvalue weighted by Crippen LogP contribution is -2.60. The summed E-state index contributed by atoms with van der Waals surface area (Å²) in [5.41, 5.74) is 1.15. The molecule has 0 unspecified atom stereocenters. The first-order chi connectivity index (χ1) is 18.2. The van der Waals surface area contributed by atoms with Gasteiger partial charge in [0, 0.05) is 18.4 Å². The first-order valence-electron chi connectivity index (χ1n) is 12.2. The number of hydrogen-bond donors (Lipinski definition) is 7. The minimum absolute atomic E-state index is 0.0548. The molecule has 2 heterocycles. The fourth-order valence-corrected chi connectivity index (χ4v) is 4.96. The summed E-state index contributed by atoms with van der Waals surface area (Å²) in [5, 5.41) is 70.8. The topological polar surface area (TPSA) is 188 Å².